The van der Waals surface area contributed by atoms with Gasteiger partial charge in [0.1, 0.15) is 0 Å². The summed E-state index contributed by atoms with van der Waals surface area (Å²) >= 11 is 0. The van der Waals surface area contributed by atoms with Crippen molar-refractivity contribution in [1.82, 2.24) is 9.88 Å². The first-order chi connectivity index (χ1) is 10.7. The van der Waals surface area contributed by atoms with Crippen LogP contribution in [0, 0.1) is 5.92 Å². The number of carbonyl (C=O) groups is 1. The molecule has 1 rings (SSSR count). The molecule has 1 aromatic heterocycles. The molecule has 0 radical (unpaired) electrons. The second kappa shape index (κ2) is 8.44. The van der Waals surface area contributed by atoms with Crippen molar-refractivity contribution in [3.63, 3.8) is 0 Å². The highest BCUT2D eigenvalue weighted by Gasteiger charge is 2.39. The lowest BCUT2D eigenvalue weighted by Gasteiger charge is -2.37. The van der Waals surface area contributed by atoms with Gasteiger partial charge in [0, 0.05) is 31.0 Å². The molecular weight excluding hydrogens is 286 g/mol. The maximum atomic E-state index is 12.5. The Bertz CT molecular complexity index is 477. The molecule has 0 fully saturated rings. The van der Waals surface area contributed by atoms with Crippen LogP contribution in [0.25, 0.3) is 0 Å². The average molecular weight is 319 g/mol. The molecule has 0 unspecified atom stereocenters. The molecule has 1 heterocycles. The Morgan fingerprint density at radius 3 is 2.22 bits per heavy atom. The molecule has 1 amide bonds. The number of pyridine rings is 1. The van der Waals surface area contributed by atoms with Crippen molar-refractivity contribution in [1.29, 1.82) is 0 Å². The number of amides is 1. The molecule has 2 N–H and O–H groups in total. The zero-order chi connectivity index (χ0) is 17.6. The molecule has 23 heavy (non-hydrogen) atoms. The molecular formula is C19H33N3O. The van der Waals surface area contributed by atoms with E-state index in [9.17, 15) is 4.79 Å². The predicted molar refractivity (Wildman–Crippen MR) is 96.2 cm³/mol. The minimum atomic E-state index is -0.648. The SMILES string of the molecule is CC(C)C[C@@](CCN(C(C)C)C(C)C)(C(N)=O)c1cccnc1. The largest absolute Gasteiger partial charge is 0.369 e. The lowest BCUT2D eigenvalue weighted by Crippen LogP contribution is -2.47. The Morgan fingerprint density at radius 1 is 1.22 bits per heavy atom. The van der Waals surface area contributed by atoms with E-state index in [1.807, 2.05) is 12.1 Å². The van der Waals surface area contributed by atoms with Crippen LogP contribution in [0.3, 0.4) is 0 Å². The third-order valence-electron chi connectivity index (χ3n) is 4.57. The quantitative estimate of drug-likeness (QED) is 0.759. The number of hydrogen-bond acceptors (Lipinski definition) is 3. The first kappa shape index (κ1) is 19.6. The fourth-order valence-electron chi connectivity index (χ4n) is 3.51. The number of rotatable bonds is 9. The normalized spacial score (nSPS) is 14.7. The van der Waals surface area contributed by atoms with Crippen molar-refractivity contribution in [3.8, 4) is 0 Å². The van der Waals surface area contributed by atoms with E-state index in [2.05, 4.69) is 51.4 Å². The summed E-state index contributed by atoms with van der Waals surface area (Å²) in [6.45, 7) is 13.9. The summed E-state index contributed by atoms with van der Waals surface area (Å²) in [5, 5.41) is 0. The first-order valence-corrected chi connectivity index (χ1v) is 8.67. The van der Waals surface area contributed by atoms with Crippen molar-refractivity contribution < 1.29 is 4.79 Å². The van der Waals surface area contributed by atoms with Gasteiger partial charge in [-0.3, -0.25) is 14.7 Å². The third-order valence-corrected chi connectivity index (χ3v) is 4.57. The van der Waals surface area contributed by atoms with E-state index < -0.39 is 5.41 Å². The highest BCUT2D eigenvalue weighted by Crippen LogP contribution is 2.35. The molecule has 0 aliphatic carbocycles. The molecule has 130 valence electrons. The van der Waals surface area contributed by atoms with Crippen molar-refractivity contribution in [2.75, 3.05) is 6.54 Å². The molecule has 1 atom stereocenters. The molecule has 0 bridgehead atoms. The monoisotopic (exact) mass is 319 g/mol. The maximum absolute atomic E-state index is 12.5. The highest BCUT2D eigenvalue weighted by molar-refractivity contribution is 5.86. The van der Waals surface area contributed by atoms with E-state index in [-0.39, 0.29) is 5.91 Å². The highest BCUT2D eigenvalue weighted by atomic mass is 16.1. The summed E-state index contributed by atoms with van der Waals surface area (Å²) in [6.07, 6.45) is 5.00. The number of aromatic nitrogens is 1. The van der Waals surface area contributed by atoms with Crippen molar-refractivity contribution in [2.45, 2.75) is 71.9 Å². The van der Waals surface area contributed by atoms with Crippen LogP contribution < -0.4 is 5.73 Å². The molecule has 4 heteroatoms. The topological polar surface area (TPSA) is 59.2 Å². The van der Waals surface area contributed by atoms with E-state index >= 15 is 0 Å². The van der Waals surface area contributed by atoms with Crippen molar-refractivity contribution in [3.05, 3.63) is 30.1 Å². The van der Waals surface area contributed by atoms with Gasteiger partial charge in [-0.1, -0.05) is 19.9 Å². The summed E-state index contributed by atoms with van der Waals surface area (Å²) in [5.74, 6) is 0.140. The Morgan fingerprint density at radius 2 is 1.83 bits per heavy atom. The van der Waals surface area contributed by atoms with E-state index in [4.69, 9.17) is 5.73 Å². The second-order valence-electron chi connectivity index (χ2n) is 7.46. The Balaban J connectivity index is 3.15. The summed E-state index contributed by atoms with van der Waals surface area (Å²) in [5.41, 5.74) is 6.20. The minimum Gasteiger partial charge on any atom is -0.369 e. The average Bonchev–Trinajstić information content (AvgIpc) is 2.45. The molecule has 0 saturated carbocycles. The van der Waals surface area contributed by atoms with Crippen LogP contribution in [0.15, 0.2) is 24.5 Å². The molecule has 0 aliphatic rings. The second-order valence-corrected chi connectivity index (χ2v) is 7.46. The van der Waals surface area contributed by atoms with Crippen LogP contribution >= 0.6 is 0 Å². The van der Waals surface area contributed by atoms with E-state index in [1.54, 1.807) is 12.4 Å². The molecule has 0 spiro atoms. The number of carbonyl (C=O) groups excluding carboxylic acids is 1. The summed E-state index contributed by atoms with van der Waals surface area (Å²) in [4.78, 5) is 19.1. The van der Waals surface area contributed by atoms with Gasteiger partial charge >= 0.3 is 0 Å². The van der Waals surface area contributed by atoms with Gasteiger partial charge in [0.05, 0.1) is 5.41 Å². The zero-order valence-corrected chi connectivity index (χ0v) is 15.5. The van der Waals surface area contributed by atoms with Gasteiger partial charge in [-0.15, -0.1) is 0 Å². The Hall–Kier alpha value is -1.42. The third kappa shape index (κ3) is 5.03. The molecule has 0 saturated heterocycles. The molecule has 4 nitrogen and oxygen atoms in total. The number of hydrogen-bond donors (Lipinski definition) is 1. The van der Waals surface area contributed by atoms with Gasteiger partial charge in [0.25, 0.3) is 0 Å². The molecule has 0 aromatic carbocycles. The van der Waals surface area contributed by atoms with Gasteiger partial charge in [0.2, 0.25) is 5.91 Å². The number of nitrogens with two attached hydrogens (primary N) is 1. The zero-order valence-electron chi connectivity index (χ0n) is 15.5. The fourth-order valence-corrected chi connectivity index (χ4v) is 3.51. The summed E-state index contributed by atoms with van der Waals surface area (Å²) in [7, 11) is 0. The lowest BCUT2D eigenvalue weighted by molar-refractivity contribution is -0.124. The van der Waals surface area contributed by atoms with Gasteiger partial charge in [-0.25, -0.2) is 0 Å². The lowest BCUT2D eigenvalue weighted by atomic mass is 9.71. The van der Waals surface area contributed by atoms with Crippen LogP contribution in [0.2, 0.25) is 0 Å². The van der Waals surface area contributed by atoms with Crippen LogP contribution in [0.4, 0.5) is 0 Å². The summed E-state index contributed by atoms with van der Waals surface area (Å²) in [6, 6.07) is 4.74. The van der Waals surface area contributed by atoms with E-state index in [0.717, 1.165) is 24.9 Å². The van der Waals surface area contributed by atoms with Crippen molar-refractivity contribution in [2.24, 2.45) is 11.7 Å². The first-order valence-electron chi connectivity index (χ1n) is 8.67. The Labute approximate surface area is 141 Å². The van der Waals surface area contributed by atoms with Gasteiger partial charge in [0.15, 0.2) is 0 Å². The fraction of sp³-hybridized carbons (Fsp3) is 0.684. The predicted octanol–water partition coefficient (Wildman–Crippen LogP) is 3.36. The standard InChI is InChI=1S/C19H33N3O/c1-14(2)12-19(18(20)23,17-8-7-10-21-13-17)9-11-22(15(3)4)16(5)6/h7-8,10,13-16H,9,11-12H2,1-6H3,(H2,20,23)/t19-/m1/s1. The van der Waals surface area contributed by atoms with Gasteiger partial charge in [-0.2, -0.15) is 0 Å². The van der Waals surface area contributed by atoms with Crippen LogP contribution in [0.1, 0.15) is 59.9 Å². The van der Waals surface area contributed by atoms with E-state index in [0.29, 0.717) is 18.0 Å². The molecule has 1 aromatic rings. The van der Waals surface area contributed by atoms with Gasteiger partial charge < -0.3 is 5.73 Å². The number of primary amides is 1. The smallest absolute Gasteiger partial charge is 0.228 e. The van der Waals surface area contributed by atoms with E-state index in [1.165, 1.54) is 0 Å². The van der Waals surface area contributed by atoms with Crippen LogP contribution in [-0.4, -0.2) is 34.4 Å². The Kier molecular flexibility index (Phi) is 7.20. The van der Waals surface area contributed by atoms with Crippen molar-refractivity contribution >= 4 is 5.91 Å². The summed E-state index contributed by atoms with van der Waals surface area (Å²) < 4.78 is 0. The minimum absolute atomic E-state index is 0.244. The van der Waals surface area contributed by atoms with Crippen LogP contribution in [0.5, 0.6) is 0 Å². The van der Waals surface area contributed by atoms with Gasteiger partial charge in [-0.05, 0) is 58.1 Å². The number of nitrogens with zero attached hydrogens (tertiary/aromatic N) is 2. The van der Waals surface area contributed by atoms with Crippen LogP contribution in [-0.2, 0) is 10.2 Å². The molecule has 0 aliphatic heterocycles. The maximum Gasteiger partial charge on any atom is 0.228 e.